The number of methoxy groups -OCH3 is 1. The Hall–Kier alpha value is -3.26. The minimum atomic E-state index is -0.521. The van der Waals surface area contributed by atoms with E-state index >= 15 is 0 Å². The van der Waals surface area contributed by atoms with Gasteiger partial charge in [-0.15, -0.1) is 0 Å². The fraction of sp³-hybridized carbons (Fsp3) is 0.222. The summed E-state index contributed by atoms with van der Waals surface area (Å²) in [6.07, 6.45) is 0. The number of benzene rings is 2. The third-order valence-corrected chi connectivity index (χ3v) is 3.38. The number of non-ortho nitro benzene ring substituents is 1. The fourth-order valence-electron chi connectivity index (χ4n) is 2.15. The normalized spacial score (nSPS) is 9.58. The van der Waals surface area contributed by atoms with E-state index in [0.717, 1.165) is 5.56 Å². The second-order valence-electron chi connectivity index (χ2n) is 5.07. The van der Waals surface area contributed by atoms with Gasteiger partial charge in [0.1, 0.15) is 6.79 Å². The molecule has 2 N–H and O–H groups in total. The summed E-state index contributed by atoms with van der Waals surface area (Å²) in [5.41, 5.74) is 1.58. The Kier molecular flexibility index (Phi) is 9.05. The van der Waals surface area contributed by atoms with Crippen LogP contribution in [0.2, 0.25) is 0 Å². The van der Waals surface area contributed by atoms with Crippen molar-refractivity contribution in [1.29, 1.82) is 0 Å². The number of amides is 1. The Morgan fingerprint density at radius 3 is 2.50 bits per heavy atom. The second-order valence-corrected chi connectivity index (χ2v) is 5.07. The summed E-state index contributed by atoms with van der Waals surface area (Å²) in [5, 5.41) is 16.8. The summed E-state index contributed by atoms with van der Waals surface area (Å²) in [4.78, 5) is 30.9. The van der Waals surface area contributed by atoms with Crippen molar-refractivity contribution in [1.82, 2.24) is 5.32 Å². The number of anilines is 1. The zero-order valence-electron chi connectivity index (χ0n) is 14.4. The van der Waals surface area contributed by atoms with E-state index in [-0.39, 0.29) is 17.2 Å². The third kappa shape index (κ3) is 6.33. The van der Waals surface area contributed by atoms with Crippen molar-refractivity contribution in [3.63, 3.8) is 0 Å². The summed E-state index contributed by atoms with van der Waals surface area (Å²) in [5.74, 6) is -0.373. The van der Waals surface area contributed by atoms with Crippen molar-refractivity contribution in [3.8, 4) is 0 Å². The quantitative estimate of drug-likeness (QED) is 0.425. The molecule has 0 spiro atoms. The minimum absolute atomic E-state index is 0.128. The van der Waals surface area contributed by atoms with Gasteiger partial charge in [-0.05, 0) is 11.6 Å². The lowest BCUT2D eigenvalue weighted by Crippen LogP contribution is -2.24. The molecule has 0 aromatic heterocycles. The van der Waals surface area contributed by atoms with Gasteiger partial charge in [0, 0.05) is 38.0 Å². The van der Waals surface area contributed by atoms with Gasteiger partial charge in [0.2, 0.25) is 0 Å². The van der Waals surface area contributed by atoms with E-state index in [2.05, 4.69) is 10.6 Å². The molecule has 0 aliphatic carbocycles. The van der Waals surface area contributed by atoms with E-state index in [1.807, 2.05) is 37.1 Å². The Bertz CT molecular complexity index is 722. The molecule has 0 unspecified atom stereocenters. The number of nitrogens with one attached hydrogen (secondary N) is 2. The maximum Gasteiger partial charge on any atom is 0.270 e. The summed E-state index contributed by atoms with van der Waals surface area (Å²) in [6, 6.07) is 13.6. The van der Waals surface area contributed by atoms with Gasteiger partial charge in [0.05, 0.1) is 17.1 Å². The Morgan fingerprint density at radius 1 is 1.19 bits per heavy atom. The number of rotatable bonds is 8. The maximum absolute atomic E-state index is 12.4. The Morgan fingerprint density at radius 2 is 1.88 bits per heavy atom. The topological polar surface area (TPSA) is 111 Å². The summed E-state index contributed by atoms with van der Waals surface area (Å²) in [7, 11) is 1.57. The van der Waals surface area contributed by atoms with Crippen molar-refractivity contribution >= 4 is 24.1 Å². The summed E-state index contributed by atoms with van der Waals surface area (Å²) in [6.45, 7) is 3.30. The van der Waals surface area contributed by atoms with Gasteiger partial charge in [-0.25, -0.2) is 0 Å². The first-order chi connectivity index (χ1) is 12.6. The monoisotopic (exact) mass is 359 g/mol. The average molecular weight is 359 g/mol. The highest BCUT2D eigenvalue weighted by molar-refractivity contribution is 6.00. The van der Waals surface area contributed by atoms with Crippen LogP contribution < -0.4 is 10.6 Å². The van der Waals surface area contributed by atoms with Crippen LogP contribution in [0, 0.1) is 10.1 Å². The van der Waals surface area contributed by atoms with Gasteiger partial charge < -0.3 is 20.2 Å². The van der Waals surface area contributed by atoms with Crippen molar-refractivity contribution < 1.29 is 19.2 Å². The molecule has 0 bridgehead atoms. The molecular weight excluding hydrogens is 338 g/mol. The van der Waals surface area contributed by atoms with E-state index in [1.54, 1.807) is 7.11 Å². The second kappa shape index (κ2) is 11.3. The van der Waals surface area contributed by atoms with Gasteiger partial charge in [-0.1, -0.05) is 30.3 Å². The van der Waals surface area contributed by atoms with Crippen molar-refractivity contribution in [2.75, 3.05) is 25.6 Å². The number of nitro groups is 1. The summed E-state index contributed by atoms with van der Waals surface area (Å²) < 4.78 is 4.96. The van der Waals surface area contributed by atoms with Crippen LogP contribution in [0.5, 0.6) is 0 Å². The highest BCUT2D eigenvalue weighted by atomic mass is 16.6. The minimum Gasteiger partial charge on any atom is -0.383 e. The number of carbonyl (C=O) groups is 2. The fourth-order valence-corrected chi connectivity index (χ4v) is 2.15. The van der Waals surface area contributed by atoms with Gasteiger partial charge in [-0.2, -0.15) is 0 Å². The number of nitrogens with zero attached hydrogens (tertiary/aromatic N) is 1. The average Bonchev–Trinajstić information content (AvgIpc) is 2.68. The molecule has 0 aliphatic rings. The van der Waals surface area contributed by atoms with Crippen LogP contribution in [0.15, 0.2) is 48.5 Å². The zero-order chi connectivity index (χ0) is 19.4. The van der Waals surface area contributed by atoms with Crippen molar-refractivity contribution in [3.05, 3.63) is 69.8 Å². The van der Waals surface area contributed by atoms with Crippen LogP contribution in [0.1, 0.15) is 15.9 Å². The SMILES string of the molecule is C=O.COCCNc1ccc([N+](=O)[O-])cc1C(=O)NCc1ccccc1. The molecule has 0 aliphatic heterocycles. The molecular formula is C18H21N3O5. The van der Waals surface area contributed by atoms with Crippen LogP contribution in [0.4, 0.5) is 11.4 Å². The van der Waals surface area contributed by atoms with Crippen LogP contribution >= 0.6 is 0 Å². The highest BCUT2D eigenvalue weighted by Crippen LogP contribution is 2.22. The largest absolute Gasteiger partial charge is 0.383 e. The molecule has 0 saturated heterocycles. The van der Waals surface area contributed by atoms with E-state index < -0.39 is 4.92 Å². The number of nitro benzene ring substituents is 1. The standard InChI is InChI=1S/C17H19N3O4.CH2O/c1-24-10-9-18-16-8-7-14(20(22)23)11-15(16)17(21)19-12-13-5-3-2-4-6-13;1-2/h2-8,11,18H,9-10,12H2,1H3,(H,19,21);1H2. The first kappa shape index (κ1) is 20.8. The molecule has 1 amide bonds. The molecule has 0 saturated carbocycles. The van der Waals surface area contributed by atoms with Gasteiger partial charge >= 0.3 is 0 Å². The molecule has 0 fully saturated rings. The Balaban J connectivity index is 0.00000163. The van der Waals surface area contributed by atoms with E-state index in [9.17, 15) is 14.9 Å². The van der Waals surface area contributed by atoms with Crippen molar-refractivity contribution in [2.24, 2.45) is 0 Å². The first-order valence-corrected chi connectivity index (χ1v) is 7.74. The molecule has 26 heavy (non-hydrogen) atoms. The molecule has 8 heteroatoms. The molecule has 138 valence electrons. The summed E-state index contributed by atoms with van der Waals surface area (Å²) >= 11 is 0. The molecule has 8 nitrogen and oxygen atoms in total. The predicted molar refractivity (Wildman–Crippen MR) is 98.2 cm³/mol. The number of hydrogen-bond donors (Lipinski definition) is 2. The van der Waals surface area contributed by atoms with Crippen molar-refractivity contribution in [2.45, 2.75) is 6.54 Å². The zero-order valence-corrected chi connectivity index (χ0v) is 14.4. The maximum atomic E-state index is 12.4. The number of carbonyl (C=O) groups excluding carboxylic acids is 2. The molecule has 2 aromatic rings. The van der Waals surface area contributed by atoms with Crippen LogP contribution in [0.25, 0.3) is 0 Å². The van der Waals surface area contributed by atoms with E-state index in [0.29, 0.717) is 25.4 Å². The molecule has 0 atom stereocenters. The third-order valence-electron chi connectivity index (χ3n) is 3.38. The highest BCUT2D eigenvalue weighted by Gasteiger charge is 2.16. The predicted octanol–water partition coefficient (Wildman–Crippen LogP) is 2.40. The number of ether oxygens (including phenoxy) is 1. The molecule has 2 aromatic carbocycles. The molecule has 0 radical (unpaired) electrons. The number of hydrogen-bond acceptors (Lipinski definition) is 6. The van der Waals surface area contributed by atoms with Gasteiger partial charge in [0.25, 0.3) is 11.6 Å². The van der Waals surface area contributed by atoms with E-state index in [1.165, 1.54) is 18.2 Å². The Labute approximate surface area is 151 Å². The lowest BCUT2D eigenvalue weighted by Gasteiger charge is -2.12. The van der Waals surface area contributed by atoms with Gasteiger partial charge in [-0.3, -0.25) is 14.9 Å². The van der Waals surface area contributed by atoms with Crippen LogP contribution in [0.3, 0.4) is 0 Å². The van der Waals surface area contributed by atoms with E-state index in [4.69, 9.17) is 9.53 Å². The lowest BCUT2D eigenvalue weighted by molar-refractivity contribution is -0.384. The molecule has 2 rings (SSSR count). The van der Waals surface area contributed by atoms with Crippen LogP contribution in [-0.2, 0) is 16.1 Å². The van der Waals surface area contributed by atoms with Crippen LogP contribution in [-0.4, -0.2) is 37.9 Å². The van der Waals surface area contributed by atoms with Gasteiger partial charge in [0.15, 0.2) is 0 Å². The first-order valence-electron chi connectivity index (χ1n) is 7.74. The lowest BCUT2D eigenvalue weighted by atomic mass is 10.1. The molecule has 0 heterocycles. The smallest absolute Gasteiger partial charge is 0.270 e.